The fourth-order valence-electron chi connectivity index (χ4n) is 2.75. The summed E-state index contributed by atoms with van der Waals surface area (Å²) >= 11 is 1.88. The molecule has 3 nitrogen and oxygen atoms in total. The second kappa shape index (κ2) is 8.44. The first-order valence-electron chi connectivity index (χ1n) is 7.88. The number of carbonyl (C=O) groups is 1. The Labute approximate surface area is 132 Å². The molecule has 0 aromatic heterocycles. The third-order valence-corrected chi connectivity index (χ3v) is 5.12. The smallest absolute Gasteiger partial charge is 0.223 e. The van der Waals surface area contributed by atoms with Gasteiger partial charge in [-0.15, -0.1) is 0 Å². The molecule has 1 aromatic rings. The Morgan fingerprint density at radius 3 is 2.76 bits per heavy atom. The van der Waals surface area contributed by atoms with E-state index in [-0.39, 0.29) is 17.9 Å². The van der Waals surface area contributed by atoms with Gasteiger partial charge in [0.25, 0.3) is 0 Å². The van der Waals surface area contributed by atoms with Gasteiger partial charge in [0, 0.05) is 37.2 Å². The van der Waals surface area contributed by atoms with Crippen LogP contribution in [0.15, 0.2) is 30.3 Å². The third kappa shape index (κ3) is 4.75. The van der Waals surface area contributed by atoms with E-state index >= 15 is 0 Å². The van der Waals surface area contributed by atoms with Gasteiger partial charge in [0.2, 0.25) is 5.91 Å². The van der Waals surface area contributed by atoms with Crippen molar-refractivity contribution in [3.63, 3.8) is 0 Å². The molecule has 4 heteroatoms. The number of hydrogen-bond acceptors (Lipinski definition) is 3. The molecule has 1 aromatic carbocycles. The number of benzene rings is 1. The number of hydrogen-bond donors (Lipinski definition) is 1. The van der Waals surface area contributed by atoms with Gasteiger partial charge in [-0.2, -0.15) is 11.8 Å². The van der Waals surface area contributed by atoms with Crippen molar-refractivity contribution >= 4 is 17.7 Å². The van der Waals surface area contributed by atoms with E-state index in [2.05, 4.69) is 19.1 Å². The molecule has 2 N–H and O–H groups in total. The molecule has 116 valence electrons. The van der Waals surface area contributed by atoms with E-state index in [1.807, 2.05) is 34.9 Å². The van der Waals surface area contributed by atoms with Crippen molar-refractivity contribution < 1.29 is 4.79 Å². The standard InChI is InChI=1S/C17H26N2OS/c1-2-3-10-21-11-9-17(20)19-12-15(16(18)13-19)14-7-5-4-6-8-14/h4-8,15-16H,2-3,9-13,18H2,1H3/t15-,16+/m0/s1. The van der Waals surface area contributed by atoms with E-state index in [9.17, 15) is 4.79 Å². The van der Waals surface area contributed by atoms with Crippen LogP contribution in [0.3, 0.4) is 0 Å². The second-order valence-electron chi connectivity index (χ2n) is 5.70. The van der Waals surface area contributed by atoms with Gasteiger partial charge in [0.15, 0.2) is 0 Å². The number of unbranched alkanes of at least 4 members (excludes halogenated alkanes) is 1. The maximum atomic E-state index is 12.3. The number of amides is 1. The van der Waals surface area contributed by atoms with Crippen LogP contribution in [-0.2, 0) is 4.79 Å². The molecule has 0 saturated carbocycles. The van der Waals surface area contributed by atoms with Crippen molar-refractivity contribution in [1.82, 2.24) is 4.90 Å². The molecule has 2 atom stereocenters. The molecule has 0 bridgehead atoms. The number of likely N-dealkylation sites (tertiary alicyclic amines) is 1. The molecular formula is C17H26N2OS. The summed E-state index contributed by atoms with van der Waals surface area (Å²) in [7, 11) is 0. The maximum Gasteiger partial charge on any atom is 0.223 e. The molecule has 1 fully saturated rings. The first-order chi connectivity index (χ1) is 10.2. The van der Waals surface area contributed by atoms with Gasteiger partial charge in [-0.1, -0.05) is 43.7 Å². The zero-order valence-electron chi connectivity index (χ0n) is 12.8. The van der Waals surface area contributed by atoms with Crippen LogP contribution in [0, 0.1) is 0 Å². The number of thioether (sulfide) groups is 1. The van der Waals surface area contributed by atoms with Gasteiger partial charge in [0.05, 0.1) is 0 Å². The van der Waals surface area contributed by atoms with Crippen molar-refractivity contribution in [3.05, 3.63) is 35.9 Å². The summed E-state index contributed by atoms with van der Waals surface area (Å²) in [5.74, 6) is 2.63. The molecule has 1 heterocycles. The van der Waals surface area contributed by atoms with Crippen LogP contribution < -0.4 is 5.73 Å². The Kier molecular flexibility index (Phi) is 6.58. The molecule has 0 radical (unpaired) electrons. The predicted octanol–water partition coefficient (Wildman–Crippen LogP) is 2.86. The highest BCUT2D eigenvalue weighted by atomic mass is 32.2. The highest BCUT2D eigenvalue weighted by Crippen LogP contribution is 2.26. The lowest BCUT2D eigenvalue weighted by Crippen LogP contribution is -2.32. The third-order valence-electron chi connectivity index (χ3n) is 4.05. The Morgan fingerprint density at radius 2 is 2.05 bits per heavy atom. The van der Waals surface area contributed by atoms with Crippen molar-refractivity contribution in [2.24, 2.45) is 5.73 Å². The van der Waals surface area contributed by atoms with Gasteiger partial charge in [-0.3, -0.25) is 4.79 Å². The number of carbonyl (C=O) groups excluding carboxylic acids is 1. The minimum atomic E-state index is 0.0593. The van der Waals surface area contributed by atoms with E-state index in [0.717, 1.165) is 18.1 Å². The molecule has 0 spiro atoms. The highest BCUT2D eigenvalue weighted by molar-refractivity contribution is 7.99. The lowest BCUT2D eigenvalue weighted by atomic mass is 9.95. The largest absolute Gasteiger partial charge is 0.340 e. The van der Waals surface area contributed by atoms with Crippen LogP contribution >= 0.6 is 11.8 Å². The first-order valence-corrected chi connectivity index (χ1v) is 9.04. The van der Waals surface area contributed by atoms with Gasteiger partial charge in [-0.05, 0) is 17.7 Å². The molecule has 1 aliphatic rings. The van der Waals surface area contributed by atoms with Crippen LogP contribution in [0.1, 0.15) is 37.7 Å². The quantitative estimate of drug-likeness (QED) is 0.788. The van der Waals surface area contributed by atoms with E-state index in [1.165, 1.54) is 18.4 Å². The molecule has 1 saturated heterocycles. The molecule has 0 unspecified atom stereocenters. The van der Waals surface area contributed by atoms with Crippen LogP contribution in [0.5, 0.6) is 0 Å². The topological polar surface area (TPSA) is 46.3 Å². The Morgan fingerprint density at radius 1 is 1.29 bits per heavy atom. The molecule has 1 amide bonds. The van der Waals surface area contributed by atoms with Crippen LogP contribution in [0.25, 0.3) is 0 Å². The van der Waals surface area contributed by atoms with E-state index in [0.29, 0.717) is 13.0 Å². The Balaban J connectivity index is 1.79. The molecule has 21 heavy (non-hydrogen) atoms. The van der Waals surface area contributed by atoms with Crippen molar-refractivity contribution in [1.29, 1.82) is 0 Å². The minimum Gasteiger partial charge on any atom is -0.340 e. The number of nitrogens with zero attached hydrogens (tertiary/aromatic N) is 1. The predicted molar refractivity (Wildman–Crippen MR) is 90.6 cm³/mol. The summed E-state index contributed by atoms with van der Waals surface area (Å²) in [5.41, 5.74) is 7.48. The first kappa shape index (κ1) is 16.4. The zero-order valence-corrected chi connectivity index (χ0v) is 13.6. The summed E-state index contributed by atoms with van der Waals surface area (Å²) in [4.78, 5) is 14.2. The summed E-state index contributed by atoms with van der Waals surface area (Å²) < 4.78 is 0. The Bertz CT molecular complexity index is 438. The minimum absolute atomic E-state index is 0.0593. The second-order valence-corrected chi connectivity index (χ2v) is 6.92. The molecular weight excluding hydrogens is 280 g/mol. The zero-order chi connectivity index (χ0) is 15.1. The normalized spacial score (nSPS) is 21.7. The molecule has 2 rings (SSSR count). The van der Waals surface area contributed by atoms with Gasteiger partial charge < -0.3 is 10.6 Å². The summed E-state index contributed by atoms with van der Waals surface area (Å²) in [6, 6.07) is 10.4. The number of rotatable bonds is 7. The van der Waals surface area contributed by atoms with Gasteiger partial charge >= 0.3 is 0 Å². The summed E-state index contributed by atoms with van der Waals surface area (Å²) in [6.07, 6.45) is 3.10. The lowest BCUT2D eigenvalue weighted by Gasteiger charge is -2.16. The summed E-state index contributed by atoms with van der Waals surface area (Å²) in [6.45, 7) is 3.66. The highest BCUT2D eigenvalue weighted by Gasteiger charge is 2.33. The SMILES string of the molecule is CCCCSCCC(=O)N1C[C@@H](N)[C@H](c2ccccc2)C1. The Hall–Kier alpha value is -1.00. The molecule has 1 aliphatic heterocycles. The van der Waals surface area contributed by atoms with Gasteiger partial charge in [-0.25, -0.2) is 0 Å². The maximum absolute atomic E-state index is 12.3. The van der Waals surface area contributed by atoms with Crippen LogP contribution in [-0.4, -0.2) is 41.4 Å². The average Bonchev–Trinajstić information content (AvgIpc) is 2.90. The van der Waals surface area contributed by atoms with E-state index in [4.69, 9.17) is 5.73 Å². The molecule has 0 aliphatic carbocycles. The van der Waals surface area contributed by atoms with Crippen LogP contribution in [0.2, 0.25) is 0 Å². The van der Waals surface area contributed by atoms with Crippen LogP contribution in [0.4, 0.5) is 0 Å². The lowest BCUT2D eigenvalue weighted by molar-refractivity contribution is -0.129. The summed E-state index contributed by atoms with van der Waals surface area (Å²) in [5, 5.41) is 0. The van der Waals surface area contributed by atoms with Crippen molar-refractivity contribution in [3.8, 4) is 0 Å². The number of nitrogens with two attached hydrogens (primary N) is 1. The van der Waals surface area contributed by atoms with Crippen molar-refractivity contribution in [2.45, 2.75) is 38.1 Å². The fraction of sp³-hybridized carbons (Fsp3) is 0.588. The monoisotopic (exact) mass is 306 g/mol. The average molecular weight is 306 g/mol. The fourth-order valence-corrected chi connectivity index (χ4v) is 3.77. The van der Waals surface area contributed by atoms with Crippen molar-refractivity contribution in [2.75, 3.05) is 24.6 Å². The van der Waals surface area contributed by atoms with E-state index in [1.54, 1.807) is 0 Å². The van der Waals surface area contributed by atoms with E-state index < -0.39 is 0 Å². The van der Waals surface area contributed by atoms with Gasteiger partial charge in [0.1, 0.15) is 0 Å².